The molecule has 0 aromatic heterocycles. The van der Waals surface area contributed by atoms with E-state index in [1.807, 2.05) is 6.92 Å². The largest absolute Gasteiger partial charge is 0.385 e. The molecule has 0 heterocycles. The van der Waals surface area contributed by atoms with E-state index < -0.39 is 0 Å². The van der Waals surface area contributed by atoms with Gasteiger partial charge in [0.2, 0.25) is 0 Å². The molecule has 0 amide bonds. The molecule has 0 aromatic rings. The molecule has 0 N–H and O–H groups in total. The van der Waals surface area contributed by atoms with Crippen LogP contribution >= 0.6 is 0 Å². The van der Waals surface area contributed by atoms with Gasteiger partial charge in [-0.25, -0.2) is 0 Å². The predicted octanol–water partition coefficient (Wildman–Crippen LogP) is 3.30. The molecule has 2 heteroatoms. The number of hydrogen-bond donors (Lipinski definition) is 0. The maximum atomic E-state index is 11.9. The zero-order valence-corrected chi connectivity index (χ0v) is 11.1. The molecular formula is C13H26O2. The van der Waals surface area contributed by atoms with E-state index >= 15 is 0 Å². The Kier molecular flexibility index (Phi) is 6.11. The molecular weight excluding hydrogens is 188 g/mol. The zero-order valence-electron chi connectivity index (χ0n) is 11.1. The summed E-state index contributed by atoms with van der Waals surface area (Å²) in [6, 6.07) is 0. The highest BCUT2D eigenvalue weighted by molar-refractivity contribution is 5.80. The van der Waals surface area contributed by atoms with E-state index in [0.717, 1.165) is 6.42 Å². The first kappa shape index (κ1) is 14.6. The molecule has 2 nitrogen and oxygen atoms in total. The summed E-state index contributed by atoms with van der Waals surface area (Å²) in [6.45, 7) is 11.4. The average Bonchev–Trinajstić information content (AvgIpc) is 2.12. The maximum absolute atomic E-state index is 11.9. The standard InChI is InChI=1S/C13H26O2/c1-10(7-8-15-6)12(14)9-11(2)13(3,4)5/h10-11H,7-9H2,1-6H3. The smallest absolute Gasteiger partial charge is 0.136 e. The second-order valence-electron chi connectivity index (χ2n) is 5.62. The van der Waals surface area contributed by atoms with Crippen LogP contribution in [0, 0.1) is 17.3 Å². The minimum absolute atomic E-state index is 0.134. The lowest BCUT2D eigenvalue weighted by Crippen LogP contribution is -2.23. The Balaban J connectivity index is 4.02. The Hall–Kier alpha value is -0.370. The number of ether oxygens (including phenoxy) is 1. The van der Waals surface area contributed by atoms with Crippen LogP contribution in [0.2, 0.25) is 0 Å². The fraction of sp³-hybridized carbons (Fsp3) is 0.923. The van der Waals surface area contributed by atoms with Crippen LogP contribution in [-0.4, -0.2) is 19.5 Å². The van der Waals surface area contributed by atoms with Crippen molar-refractivity contribution in [1.29, 1.82) is 0 Å². The van der Waals surface area contributed by atoms with Gasteiger partial charge >= 0.3 is 0 Å². The van der Waals surface area contributed by atoms with Crippen molar-refractivity contribution in [3.63, 3.8) is 0 Å². The Labute approximate surface area is 94.4 Å². The summed E-state index contributed by atoms with van der Waals surface area (Å²) in [5.41, 5.74) is 0.219. The van der Waals surface area contributed by atoms with E-state index in [-0.39, 0.29) is 11.3 Å². The molecule has 2 unspecified atom stereocenters. The van der Waals surface area contributed by atoms with Crippen LogP contribution in [0.15, 0.2) is 0 Å². The van der Waals surface area contributed by atoms with Gasteiger partial charge in [0, 0.05) is 26.1 Å². The molecule has 0 aliphatic carbocycles. The number of Topliss-reactive ketones (excluding diaryl/α,β-unsaturated/α-hetero) is 1. The van der Waals surface area contributed by atoms with Gasteiger partial charge in [-0.1, -0.05) is 34.6 Å². The van der Waals surface area contributed by atoms with Gasteiger partial charge in [0.1, 0.15) is 5.78 Å². The topological polar surface area (TPSA) is 26.3 Å². The van der Waals surface area contributed by atoms with Crippen LogP contribution < -0.4 is 0 Å². The highest BCUT2D eigenvalue weighted by Gasteiger charge is 2.24. The van der Waals surface area contributed by atoms with Gasteiger partial charge in [-0.15, -0.1) is 0 Å². The second kappa shape index (κ2) is 6.26. The number of methoxy groups -OCH3 is 1. The molecule has 0 radical (unpaired) electrons. The zero-order chi connectivity index (χ0) is 12.1. The van der Waals surface area contributed by atoms with E-state index in [2.05, 4.69) is 27.7 Å². The monoisotopic (exact) mass is 214 g/mol. The molecule has 0 aromatic carbocycles. The third kappa shape index (κ3) is 5.93. The van der Waals surface area contributed by atoms with Gasteiger partial charge in [0.05, 0.1) is 0 Å². The molecule has 0 rings (SSSR count). The molecule has 0 spiro atoms. The number of rotatable bonds is 6. The van der Waals surface area contributed by atoms with E-state index in [4.69, 9.17) is 4.74 Å². The van der Waals surface area contributed by atoms with Crippen LogP contribution in [0.4, 0.5) is 0 Å². The Bertz CT molecular complexity index is 191. The lowest BCUT2D eigenvalue weighted by atomic mass is 9.78. The van der Waals surface area contributed by atoms with Crippen molar-refractivity contribution in [2.45, 2.75) is 47.5 Å². The van der Waals surface area contributed by atoms with Gasteiger partial charge in [-0.05, 0) is 17.8 Å². The summed E-state index contributed by atoms with van der Waals surface area (Å²) in [5, 5.41) is 0. The van der Waals surface area contributed by atoms with Gasteiger partial charge in [-0.3, -0.25) is 4.79 Å². The first-order valence-electron chi connectivity index (χ1n) is 5.80. The van der Waals surface area contributed by atoms with Crippen molar-refractivity contribution >= 4 is 5.78 Å². The second-order valence-corrected chi connectivity index (χ2v) is 5.62. The summed E-state index contributed by atoms with van der Waals surface area (Å²) in [7, 11) is 1.68. The van der Waals surface area contributed by atoms with Crippen LogP contribution in [0.1, 0.15) is 47.5 Å². The normalized spacial score (nSPS) is 16.1. The number of hydrogen-bond acceptors (Lipinski definition) is 2. The first-order chi connectivity index (χ1) is 6.79. The average molecular weight is 214 g/mol. The van der Waals surface area contributed by atoms with Crippen molar-refractivity contribution in [2.24, 2.45) is 17.3 Å². The molecule has 0 bridgehead atoms. The lowest BCUT2D eigenvalue weighted by molar-refractivity contribution is -0.124. The quantitative estimate of drug-likeness (QED) is 0.678. The van der Waals surface area contributed by atoms with E-state index in [0.29, 0.717) is 24.7 Å². The molecule has 0 fully saturated rings. The summed E-state index contributed by atoms with van der Waals surface area (Å²) in [5.74, 6) is 0.944. The molecule has 0 aliphatic rings. The van der Waals surface area contributed by atoms with Crippen LogP contribution in [0.25, 0.3) is 0 Å². The van der Waals surface area contributed by atoms with Crippen molar-refractivity contribution in [1.82, 2.24) is 0 Å². The van der Waals surface area contributed by atoms with Crippen molar-refractivity contribution in [2.75, 3.05) is 13.7 Å². The Morgan fingerprint density at radius 3 is 2.20 bits per heavy atom. The Morgan fingerprint density at radius 1 is 1.27 bits per heavy atom. The summed E-state index contributed by atoms with van der Waals surface area (Å²) < 4.78 is 4.98. The van der Waals surface area contributed by atoms with Crippen molar-refractivity contribution in [3.05, 3.63) is 0 Å². The van der Waals surface area contributed by atoms with Crippen molar-refractivity contribution < 1.29 is 9.53 Å². The minimum Gasteiger partial charge on any atom is -0.385 e. The van der Waals surface area contributed by atoms with Crippen LogP contribution in [0.3, 0.4) is 0 Å². The van der Waals surface area contributed by atoms with E-state index in [1.54, 1.807) is 7.11 Å². The summed E-state index contributed by atoms with van der Waals surface area (Å²) in [6.07, 6.45) is 1.53. The van der Waals surface area contributed by atoms with E-state index in [1.165, 1.54) is 0 Å². The number of ketones is 1. The highest BCUT2D eigenvalue weighted by atomic mass is 16.5. The number of carbonyl (C=O) groups excluding carboxylic acids is 1. The van der Waals surface area contributed by atoms with Gasteiger partial charge in [0.15, 0.2) is 0 Å². The third-order valence-corrected chi connectivity index (χ3v) is 3.29. The van der Waals surface area contributed by atoms with Gasteiger partial charge in [-0.2, -0.15) is 0 Å². The van der Waals surface area contributed by atoms with Gasteiger partial charge in [0.25, 0.3) is 0 Å². The van der Waals surface area contributed by atoms with Gasteiger partial charge < -0.3 is 4.74 Å². The number of carbonyl (C=O) groups is 1. The molecule has 0 aliphatic heterocycles. The fourth-order valence-electron chi connectivity index (χ4n) is 1.26. The SMILES string of the molecule is COCCC(C)C(=O)CC(C)C(C)(C)C. The third-order valence-electron chi connectivity index (χ3n) is 3.29. The highest BCUT2D eigenvalue weighted by Crippen LogP contribution is 2.29. The first-order valence-corrected chi connectivity index (χ1v) is 5.80. The fourth-order valence-corrected chi connectivity index (χ4v) is 1.26. The minimum atomic E-state index is 0.134. The molecule has 0 saturated carbocycles. The molecule has 15 heavy (non-hydrogen) atoms. The molecule has 90 valence electrons. The van der Waals surface area contributed by atoms with Crippen LogP contribution in [-0.2, 0) is 9.53 Å². The lowest BCUT2D eigenvalue weighted by Gasteiger charge is -2.27. The summed E-state index contributed by atoms with van der Waals surface area (Å²) >= 11 is 0. The molecule has 2 atom stereocenters. The van der Waals surface area contributed by atoms with Crippen LogP contribution in [0.5, 0.6) is 0 Å². The molecule has 0 saturated heterocycles. The summed E-state index contributed by atoms with van der Waals surface area (Å²) in [4.78, 5) is 11.9. The maximum Gasteiger partial charge on any atom is 0.136 e. The Morgan fingerprint density at radius 2 is 1.80 bits per heavy atom. The van der Waals surface area contributed by atoms with Crippen molar-refractivity contribution in [3.8, 4) is 0 Å². The predicted molar refractivity (Wildman–Crippen MR) is 63.9 cm³/mol. The van der Waals surface area contributed by atoms with E-state index in [9.17, 15) is 4.79 Å².